The molecule has 2 N–H and O–H groups in total. The van der Waals surface area contributed by atoms with E-state index in [0.29, 0.717) is 13.1 Å². The minimum absolute atomic E-state index is 0.0552. The highest BCUT2D eigenvalue weighted by atomic mass is 32.1. The number of carbonyl (C=O) groups is 1. The van der Waals surface area contributed by atoms with Gasteiger partial charge in [-0.25, -0.2) is 9.78 Å². The van der Waals surface area contributed by atoms with E-state index in [1.165, 1.54) is 0 Å². The van der Waals surface area contributed by atoms with Gasteiger partial charge in [-0.2, -0.15) is 0 Å². The van der Waals surface area contributed by atoms with Gasteiger partial charge in [0.05, 0.1) is 23.4 Å². The van der Waals surface area contributed by atoms with Crippen LogP contribution in [0.15, 0.2) is 0 Å². The van der Waals surface area contributed by atoms with Crippen molar-refractivity contribution in [2.45, 2.75) is 46.3 Å². The molecule has 0 aliphatic carbocycles. The van der Waals surface area contributed by atoms with Gasteiger partial charge in [0.25, 0.3) is 0 Å². The number of likely N-dealkylation sites (tertiary alicyclic amines) is 1. The molecule has 0 saturated carbocycles. The second-order valence-electron chi connectivity index (χ2n) is 5.48. The first-order valence-electron chi connectivity index (χ1n) is 7.11. The summed E-state index contributed by atoms with van der Waals surface area (Å²) in [4.78, 5) is 19.5. The van der Waals surface area contributed by atoms with Crippen LogP contribution in [0.1, 0.15) is 35.3 Å². The Kier molecular flexibility index (Phi) is 4.99. The van der Waals surface area contributed by atoms with Crippen molar-refractivity contribution >= 4 is 17.4 Å². The van der Waals surface area contributed by atoms with Gasteiger partial charge >= 0.3 is 6.03 Å². The molecule has 112 valence electrons. The number of aryl methyl sites for hydroxylation is 2. The topological polar surface area (TPSA) is 65.5 Å². The zero-order valence-corrected chi connectivity index (χ0v) is 13.2. The molecule has 0 radical (unpaired) electrons. The summed E-state index contributed by atoms with van der Waals surface area (Å²) in [6.07, 6.45) is 1.60. The van der Waals surface area contributed by atoms with E-state index in [4.69, 9.17) is 0 Å². The van der Waals surface area contributed by atoms with Gasteiger partial charge in [-0.05, 0) is 33.6 Å². The summed E-state index contributed by atoms with van der Waals surface area (Å²) in [6.45, 7) is 7.68. The third-order valence-corrected chi connectivity index (χ3v) is 4.76. The van der Waals surface area contributed by atoms with Gasteiger partial charge in [0.2, 0.25) is 0 Å². The zero-order valence-electron chi connectivity index (χ0n) is 12.3. The molecule has 2 amide bonds. The Balaban J connectivity index is 1.87. The van der Waals surface area contributed by atoms with E-state index in [-0.39, 0.29) is 18.1 Å². The van der Waals surface area contributed by atoms with Gasteiger partial charge in [0, 0.05) is 23.9 Å². The lowest BCUT2D eigenvalue weighted by Gasteiger charge is -2.34. The first-order chi connectivity index (χ1) is 9.47. The fourth-order valence-corrected chi connectivity index (χ4v) is 3.43. The van der Waals surface area contributed by atoms with Crippen LogP contribution in [-0.4, -0.2) is 40.2 Å². The molecule has 2 heterocycles. The first-order valence-corrected chi connectivity index (χ1v) is 7.92. The molecule has 2 rings (SSSR count). The maximum atomic E-state index is 12.2. The van der Waals surface area contributed by atoms with Crippen molar-refractivity contribution in [1.82, 2.24) is 15.2 Å². The third kappa shape index (κ3) is 3.70. The first kappa shape index (κ1) is 15.3. The maximum Gasteiger partial charge on any atom is 0.317 e. The molecule has 6 heteroatoms. The third-order valence-electron chi connectivity index (χ3n) is 3.83. The molecule has 1 aromatic heterocycles. The lowest BCUT2D eigenvalue weighted by atomic mass is 9.94. The molecule has 0 bridgehead atoms. The van der Waals surface area contributed by atoms with Gasteiger partial charge in [-0.15, -0.1) is 11.3 Å². The predicted octanol–water partition coefficient (Wildman–Crippen LogP) is 2.06. The van der Waals surface area contributed by atoms with Gasteiger partial charge in [-0.1, -0.05) is 0 Å². The van der Waals surface area contributed by atoms with Crippen molar-refractivity contribution in [1.29, 1.82) is 0 Å². The number of hydrogen-bond donors (Lipinski definition) is 2. The standard InChI is InChI=1S/C14H23N3O2S/c1-9(18)12-5-4-6-17(8-12)14(19)15-7-13-10(2)20-11(3)16-13/h9,12,18H,4-8H2,1-3H3,(H,15,19). The van der Waals surface area contributed by atoms with Crippen LogP contribution in [0, 0.1) is 19.8 Å². The van der Waals surface area contributed by atoms with Crippen LogP contribution in [0.3, 0.4) is 0 Å². The number of nitrogens with zero attached hydrogens (tertiary/aromatic N) is 2. The smallest absolute Gasteiger partial charge is 0.317 e. The number of hydrogen-bond acceptors (Lipinski definition) is 4. The van der Waals surface area contributed by atoms with Gasteiger partial charge in [0.1, 0.15) is 0 Å². The van der Waals surface area contributed by atoms with E-state index in [1.807, 2.05) is 13.8 Å². The molecule has 1 fully saturated rings. The monoisotopic (exact) mass is 297 g/mol. The number of aliphatic hydroxyl groups is 1. The largest absolute Gasteiger partial charge is 0.393 e. The molecule has 0 spiro atoms. The number of thiazole rings is 1. The SMILES string of the molecule is Cc1nc(CNC(=O)N2CCCC(C(C)O)C2)c(C)s1. The van der Waals surface area contributed by atoms with E-state index in [0.717, 1.165) is 35.0 Å². The number of aliphatic hydroxyl groups excluding tert-OH is 1. The summed E-state index contributed by atoms with van der Waals surface area (Å²) in [5, 5.41) is 13.6. The number of piperidine rings is 1. The number of aromatic nitrogens is 1. The van der Waals surface area contributed by atoms with Crippen LogP contribution in [0.4, 0.5) is 4.79 Å². The zero-order chi connectivity index (χ0) is 14.7. The Hall–Kier alpha value is -1.14. The minimum Gasteiger partial charge on any atom is -0.393 e. The predicted molar refractivity (Wildman–Crippen MR) is 79.8 cm³/mol. The number of rotatable bonds is 3. The highest BCUT2D eigenvalue weighted by Gasteiger charge is 2.26. The Bertz CT molecular complexity index is 473. The quantitative estimate of drug-likeness (QED) is 0.897. The van der Waals surface area contributed by atoms with E-state index in [2.05, 4.69) is 10.3 Å². The van der Waals surface area contributed by atoms with Crippen LogP contribution in [0.5, 0.6) is 0 Å². The summed E-state index contributed by atoms with van der Waals surface area (Å²) < 4.78 is 0. The average Bonchev–Trinajstić information content (AvgIpc) is 2.74. The van der Waals surface area contributed by atoms with Gasteiger partial charge in [-0.3, -0.25) is 0 Å². The number of urea groups is 1. The van der Waals surface area contributed by atoms with Gasteiger partial charge < -0.3 is 15.3 Å². The van der Waals surface area contributed by atoms with Crippen molar-refractivity contribution in [2.24, 2.45) is 5.92 Å². The van der Waals surface area contributed by atoms with Crippen molar-refractivity contribution in [3.05, 3.63) is 15.6 Å². The van der Waals surface area contributed by atoms with Crippen LogP contribution >= 0.6 is 11.3 Å². The Morgan fingerprint density at radius 1 is 1.60 bits per heavy atom. The van der Waals surface area contributed by atoms with Crippen LogP contribution in [0.25, 0.3) is 0 Å². The second kappa shape index (κ2) is 6.54. The van der Waals surface area contributed by atoms with Crippen molar-refractivity contribution in [2.75, 3.05) is 13.1 Å². The molecular weight excluding hydrogens is 274 g/mol. The van der Waals surface area contributed by atoms with E-state index in [1.54, 1.807) is 23.2 Å². The fraction of sp³-hybridized carbons (Fsp3) is 0.714. The van der Waals surface area contributed by atoms with Crippen molar-refractivity contribution < 1.29 is 9.90 Å². The Morgan fingerprint density at radius 2 is 2.35 bits per heavy atom. The van der Waals surface area contributed by atoms with Crippen molar-refractivity contribution in [3.63, 3.8) is 0 Å². The lowest BCUT2D eigenvalue weighted by molar-refractivity contribution is 0.0738. The van der Waals surface area contributed by atoms with Gasteiger partial charge in [0.15, 0.2) is 0 Å². The Labute approximate surface area is 124 Å². The average molecular weight is 297 g/mol. The molecule has 1 aromatic rings. The summed E-state index contributed by atoms with van der Waals surface area (Å²) in [5.74, 6) is 0.192. The maximum absolute atomic E-state index is 12.2. The molecule has 2 atom stereocenters. The van der Waals surface area contributed by atoms with E-state index in [9.17, 15) is 9.90 Å². The molecule has 2 unspecified atom stereocenters. The highest BCUT2D eigenvalue weighted by molar-refractivity contribution is 7.11. The summed E-state index contributed by atoms with van der Waals surface area (Å²) in [5.41, 5.74) is 0.949. The minimum atomic E-state index is -0.353. The van der Waals surface area contributed by atoms with Crippen LogP contribution in [-0.2, 0) is 6.54 Å². The molecule has 0 aromatic carbocycles. The van der Waals surface area contributed by atoms with E-state index < -0.39 is 0 Å². The number of amides is 2. The molecule has 1 saturated heterocycles. The number of nitrogens with one attached hydrogen (secondary N) is 1. The number of carbonyl (C=O) groups excluding carboxylic acids is 1. The normalized spacial score (nSPS) is 20.8. The highest BCUT2D eigenvalue weighted by Crippen LogP contribution is 2.20. The molecule has 1 aliphatic rings. The molecular formula is C14H23N3O2S. The molecule has 5 nitrogen and oxygen atoms in total. The summed E-state index contributed by atoms with van der Waals surface area (Å²) in [6, 6.07) is -0.0552. The van der Waals surface area contributed by atoms with Crippen molar-refractivity contribution in [3.8, 4) is 0 Å². The molecule has 1 aliphatic heterocycles. The second-order valence-corrected chi connectivity index (χ2v) is 6.89. The van der Waals surface area contributed by atoms with Crippen LogP contribution in [0.2, 0.25) is 0 Å². The van der Waals surface area contributed by atoms with Crippen LogP contribution < -0.4 is 5.32 Å². The lowest BCUT2D eigenvalue weighted by Crippen LogP contribution is -2.47. The summed E-state index contributed by atoms with van der Waals surface area (Å²) in [7, 11) is 0. The molecule has 20 heavy (non-hydrogen) atoms. The Morgan fingerprint density at radius 3 is 2.95 bits per heavy atom. The summed E-state index contributed by atoms with van der Waals surface area (Å²) >= 11 is 1.65. The fourth-order valence-electron chi connectivity index (χ4n) is 2.60. The van der Waals surface area contributed by atoms with E-state index >= 15 is 0 Å².